The minimum Gasteiger partial charge on any atom is -0.386 e. The van der Waals surface area contributed by atoms with Gasteiger partial charge in [0, 0.05) is 7.05 Å². The third kappa shape index (κ3) is 3.05. The number of carbonyl (C=O) groups is 1. The Kier molecular flexibility index (Phi) is 4.00. The number of hydrogen-bond donors (Lipinski definition) is 1. The van der Waals surface area contributed by atoms with Gasteiger partial charge in [0.2, 0.25) is 0 Å². The highest BCUT2D eigenvalue weighted by Crippen LogP contribution is 1.83. The topological polar surface area (TPSA) is 49.8 Å². The lowest BCUT2D eigenvalue weighted by Gasteiger charge is -2.12. The van der Waals surface area contributed by atoms with Gasteiger partial charge in [-0.25, -0.2) is 5.06 Å². The summed E-state index contributed by atoms with van der Waals surface area (Å²) in [5.74, 6) is -0.433. The highest BCUT2D eigenvalue weighted by molar-refractivity contribution is 5.75. The number of aliphatic hydroxyl groups excluding tert-OH is 1. The van der Waals surface area contributed by atoms with E-state index in [1.807, 2.05) is 0 Å². The van der Waals surface area contributed by atoms with Crippen molar-refractivity contribution in [1.29, 1.82) is 0 Å². The first kappa shape index (κ1) is 8.39. The molecule has 0 rings (SSSR count). The van der Waals surface area contributed by atoms with Crippen LogP contribution >= 0.6 is 0 Å². The minimum atomic E-state index is -0.503. The molecule has 4 nitrogen and oxygen atoms in total. The molecule has 0 aliphatic heterocycles. The molecular formula is C5H11NO3. The molecule has 0 spiro atoms. The number of amides is 1. The summed E-state index contributed by atoms with van der Waals surface area (Å²) >= 11 is 0. The Morgan fingerprint density at radius 1 is 1.78 bits per heavy atom. The zero-order chi connectivity index (χ0) is 7.28. The van der Waals surface area contributed by atoms with Crippen LogP contribution in [0.2, 0.25) is 0 Å². The van der Waals surface area contributed by atoms with E-state index in [0.717, 1.165) is 5.06 Å². The van der Waals surface area contributed by atoms with Gasteiger partial charge in [0.15, 0.2) is 0 Å². The molecule has 0 bridgehead atoms. The molecule has 0 aromatic carbocycles. The molecular weight excluding hydrogens is 122 g/mol. The molecule has 0 fully saturated rings. The van der Waals surface area contributed by atoms with Crippen LogP contribution in [-0.4, -0.2) is 36.3 Å². The van der Waals surface area contributed by atoms with Gasteiger partial charge >= 0.3 is 0 Å². The lowest BCUT2D eigenvalue weighted by Crippen LogP contribution is -2.29. The molecule has 0 aliphatic carbocycles. The summed E-state index contributed by atoms with van der Waals surface area (Å²) < 4.78 is 0. The van der Waals surface area contributed by atoms with Crippen molar-refractivity contribution >= 4 is 5.91 Å². The maximum atomic E-state index is 10.5. The molecule has 0 heterocycles. The van der Waals surface area contributed by atoms with Crippen LogP contribution in [0.4, 0.5) is 0 Å². The predicted octanol–water partition coefficient (Wildman–Crippen LogP) is -0.611. The first-order valence-corrected chi connectivity index (χ1v) is 2.72. The molecule has 0 saturated heterocycles. The highest BCUT2D eigenvalue weighted by atomic mass is 16.7. The molecule has 4 heteroatoms. The summed E-state index contributed by atoms with van der Waals surface area (Å²) in [7, 11) is 1.46. The summed E-state index contributed by atoms with van der Waals surface area (Å²) in [5, 5.41) is 9.27. The molecule has 0 aromatic heterocycles. The number of nitrogens with zero attached hydrogens (tertiary/aromatic N) is 1. The maximum Gasteiger partial charge on any atom is 0.271 e. The van der Waals surface area contributed by atoms with E-state index in [4.69, 9.17) is 9.94 Å². The van der Waals surface area contributed by atoms with Crippen molar-refractivity contribution < 1.29 is 14.7 Å². The minimum absolute atomic E-state index is 0.433. The third-order valence-electron chi connectivity index (χ3n) is 0.809. The van der Waals surface area contributed by atoms with E-state index in [1.54, 1.807) is 6.92 Å². The first-order valence-electron chi connectivity index (χ1n) is 2.72. The second kappa shape index (κ2) is 4.29. The van der Waals surface area contributed by atoms with Crippen LogP contribution in [-0.2, 0) is 9.63 Å². The van der Waals surface area contributed by atoms with Crippen LogP contribution in [0.1, 0.15) is 6.92 Å². The fraction of sp³-hybridized carbons (Fsp3) is 0.800. The van der Waals surface area contributed by atoms with E-state index < -0.39 is 12.5 Å². The van der Waals surface area contributed by atoms with E-state index in [2.05, 4.69) is 0 Å². The Labute approximate surface area is 54.0 Å². The predicted molar refractivity (Wildman–Crippen MR) is 31.5 cm³/mol. The van der Waals surface area contributed by atoms with Gasteiger partial charge in [0.25, 0.3) is 5.91 Å². The van der Waals surface area contributed by atoms with Crippen molar-refractivity contribution in [3.8, 4) is 0 Å². The Morgan fingerprint density at radius 2 is 2.33 bits per heavy atom. The van der Waals surface area contributed by atoms with Crippen molar-refractivity contribution in [2.24, 2.45) is 0 Å². The average molecular weight is 133 g/mol. The van der Waals surface area contributed by atoms with Gasteiger partial charge in [0.05, 0.1) is 6.61 Å². The quantitative estimate of drug-likeness (QED) is 0.522. The number of likely N-dealkylation sites (N-methyl/N-ethyl adjacent to an activating group) is 1. The highest BCUT2D eigenvalue weighted by Gasteiger charge is 2.04. The summed E-state index contributed by atoms with van der Waals surface area (Å²) in [6, 6.07) is 0. The van der Waals surface area contributed by atoms with Gasteiger partial charge in [-0.05, 0) is 6.92 Å². The normalized spacial score (nSPS) is 9.22. The van der Waals surface area contributed by atoms with Crippen LogP contribution in [0.5, 0.6) is 0 Å². The fourth-order valence-corrected chi connectivity index (χ4v) is 0.365. The average Bonchev–Trinajstić information content (AvgIpc) is 1.87. The van der Waals surface area contributed by atoms with E-state index in [0.29, 0.717) is 6.61 Å². The maximum absolute atomic E-state index is 10.5. The third-order valence-corrected chi connectivity index (χ3v) is 0.809. The zero-order valence-electron chi connectivity index (χ0n) is 5.63. The lowest BCUT2D eigenvalue weighted by molar-refractivity contribution is -0.179. The van der Waals surface area contributed by atoms with E-state index >= 15 is 0 Å². The molecule has 0 atom stereocenters. The summed E-state index contributed by atoms with van der Waals surface area (Å²) in [4.78, 5) is 15.2. The Balaban J connectivity index is 3.45. The summed E-state index contributed by atoms with van der Waals surface area (Å²) in [6.07, 6.45) is 0. The van der Waals surface area contributed by atoms with Crippen LogP contribution in [0, 0.1) is 0 Å². The van der Waals surface area contributed by atoms with Crippen LogP contribution in [0.25, 0.3) is 0 Å². The molecule has 0 aromatic rings. The van der Waals surface area contributed by atoms with Gasteiger partial charge in [-0.2, -0.15) is 0 Å². The van der Waals surface area contributed by atoms with Crippen molar-refractivity contribution in [1.82, 2.24) is 5.06 Å². The number of rotatable bonds is 3. The van der Waals surface area contributed by atoms with Gasteiger partial charge < -0.3 is 5.11 Å². The summed E-state index contributed by atoms with van der Waals surface area (Å²) in [6.45, 7) is 1.69. The van der Waals surface area contributed by atoms with Crippen LogP contribution in [0.15, 0.2) is 0 Å². The van der Waals surface area contributed by atoms with Crippen molar-refractivity contribution in [3.63, 3.8) is 0 Å². The standard InChI is InChI=1S/C5H11NO3/c1-3-9-6(2)5(8)4-7/h7H,3-4H2,1-2H3. The second-order valence-electron chi connectivity index (χ2n) is 1.47. The first-order chi connectivity index (χ1) is 4.22. The molecule has 0 radical (unpaired) electrons. The summed E-state index contributed by atoms with van der Waals surface area (Å²) in [5.41, 5.74) is 0. The van der Waals surface area contributed by atoms with Gasteiger partial charge in [-0.1, -0.05) is 0 Å². The van der Waals surface area contributed by atoms with Crippen molar-refractivity contribution in [2.75, 3.05) is 20.3 Å². The van der Waals surface area contributed by atoms with E-state index in [-0.39, 0.29) is 0 Å². The molecule has 54 valence electrons. The number of hydroxylamine groups is 2. The second-order valence-corrected chi connectivity index (χ2v) is 1.47. The molecule has 0 aliphatic rings. The van der Waals surface area contributed by atoms with E-state index in [9.17, 15) is 4.79 Å². The monoisotopic (exact) mass is 133 g/mol. The van der Waals surface area contributed by atoms with E-state index in [1.165, 1.54) is 7.05 Å². The van der Waals surface area contributed by atoms with Crippen molar-refractivity contribution in [2.45, 2.75) is 6.92 Å². The smallest absolute Gasteiger partial charge is 0.271 e. The molecule has 0 saturated carbocycles. The number of carbonyl (C=O) groups excluding carboxylic acids is 1. The van der Waals surface area contributed by atoms with Crippen LogP contribution < -0.4 is 0 Å². The molecule has 1 N–H and O–H groups in total. The zero-order valence-corrected chi connectivity index (χ0v) is 5.63. The Bertz CT molecular complexity index is 94.2. The van der Waals surface area contributed by atoms with Gasteiger partial charge in [-0.15, -0.1) is 0 Å². The largest absolute Gasteiger partial charge is 0.386 e. The lowest BCUT2D eigenvalue weighted by atomic mass is 10.6. The van der Waals surface area contributed by atoms with Crippen LogP contribution in [0.3, 0.4) is 0 Å². The van der Waals surface area contributed by atoms with Crippen molar-refractivity contribution in [3.05, 3.63) is 0 Å². The number of hydrogen-bond acceptors (Lipinski definition) is 3. The molecule has 1 amide bonds. The van der Waals surface area contributed by atoms with Gasteiger partial charge in [0.1, 0.15) is 6.61 Å². The Morgan fingerprint density at radius 3 is 2.67 bits per heavy atom. The fourth-order valence-electron chi connectivity index (χ4n) is 0.365. The molecule has 0 unspecified atom stereocenters. The number of aliphatic hydroxyl groups is 1. The SMILES string of the molecule is CCON(C)C(=O)CO. The van der Waals surface area contributed by atoms with Gasteiger partial charge in [-0.3, -0.25) is 9.63 Å². The Hall–Kier alpha value is -0.610. The molecule has 9 heavy (non-hydrogen) atoms.